The Labute approximate surface area is 94.2 Å². The SMILES string of the molecule is Cl.O=C(NCC(F)(F)F)C1CC(F)(F)CN1. The van der Waals surface area contributed by atoms with Gasteiger partial charge in [0.15, 0.2) is 0 Å². The number of alkyl halides is 5. The molecular weight excluding hydrogens is 259 g/mol. The maximum Gasteiger partial charge on any atom is 0.405 e. The lowest BCUT2D eigenvalue weighted by Crippen LogP contribution is -2.44. The molecule has 0 spiro atoms. The predicted molar refractivity (Wildman–Crippen MR) is 47.7 cm³/mol. The van der Waals surface area contributed by atoms with Crippen LogP contribution in [-0.2, 0) is 4.79 Å². The highest BCUT2D eigenvalue weighted by Gasteiger charge is 2.42. The van der Waals surface area contributed by atoms with Gasteiger partial charge in [0.1, 0.15) is 6.54 Å². The Bertz CT molecular complexity index is 258. The van der Waals surface area contributed by atoms with Gasteiger partial charge in [-0.15, -0.1) is 12.4 Å². The van der Waals surface area contributed by atoms with Crippen molar-refractivity contribution in [3.05, 3.63) is 0 Å². The number of halogens is 6. The zero-order valence-corrected chi connectivity index (χ0v) is 8.72. The largest absolute Gasteiger partial charge is 0.405 e. The fraction of sp³-hybridized carbons (Fsp3) is 0.857. The van der Waals surface area contributed by atoms with E-state index >= 15 is 0 Å². The van der Waals surface area contributed by atoms with E-state index in [-0.39, 0.29) is 12.4 Å². The van der Waals surface area contributed by atoms with Gasteiger partial charge in [-0.05, 0) is 0 Å². The lowest BCUT2D eigenvalue weighted by molar-refractivity contribution is -0.139. The molecule has 16 heavy (non-hydrogen) atoms. The minimum absolute atomic E-state index is 0. The van der Waals surface area contributed by atoms with Crippen LogP contribution in [0.2, 0.25) is 0 Å². The Hall–Kier alpha value is -0.630. The van der Waals surface area contributed by atoms with Gasteiger partial charge in [-0.2, -0.15) is 13.2 Å². The maximum atomic E-state index is 12.6. The van der Waals surface area contributed by atoms with Crippen molar-refractivity contribution in [1.29, 1.82) is 0 Å². The predicted octanol–water partition coefficient (Wildman–Crippen LogP) is 1.08. The first-order chi connectivity index (χ1) is 6.70. The smallest absolute Gasteiger partial charge is 0.346 e. The van der Waals surface area contributed by atoms with E-state index < -0.39 is 43.6 Å². The topological polar surface area (TPSA) is 41.1 Å². The molecule has 1 fully saturated rings. The second-order valence-corrected chi connectivity index (χ2v) is 3.33. The molecule has 9 heteroatoms. The van der Waals surface area contributed by atoms with Crippen molar-refractivity contribution in [1.82, 2.24) is 10.6 Å². The van der Waals surface area contributed by atoms with E-state index in [1.807, 2.05) is 0 Å². The molecule has 0 aliphatic carbocycles. The lowest BCUT2D eigenvalue weighted by atomic mass is 10.2. The van der Waals surface area contributed by atoms with Crippen LogP contribution in [0, 0.1) is 0 Å². The Morgan fingerprint density at radius 3 is 2.38 bits per heavy atom. The summed E-state index contributed by atoms with van der Waals surface area (Å²) in [6, 6.07) is -1.25. The van der Waals surface area contributed by atoms with Crippen LogP contribution in [0.5, 0.6) is 0 Å². The molecule has 3 nitrogen and oxygen atoms in total. The van der Waals surface area contributed by atoms with Gasteiger partial charge in [-0.1, -0.05) is 0 Å². The van der Waals surface area contributed by atoms with E-state index in [0.717, 1.165) is 0 Å². The first-order valence-electron chi connectivity index (χ1n) is 4.15. The fourth-order valence-corrected chi connectivity index (χ4v) is 1.21. The van der Waals surface area contributed by atoms with E-state index in [0.29, 0.717) is 0 Å². The highest BCUT2D eigenvalue weighted by atomic mass is 35.5. The summed E-state index contributed by atoms with van der Waals surface area (Å²) >= 11 is 0. The van der Waals surface area contributed by atoms with Crippen molar-refractivity contribution in [2.24, 2.45) is 0 Å². The second kappa shape index (κ2) is 5.13. The molecule has 1 aliphatic heterocycles. The van der Waals surface area contributed by atoms with E-state index in [1.54, 1.807) is 5.32 Å². The van der Waals surface area contributed by atoms with Crippen molar-refractivity contribution < 1.29 is 26.7 Å². The van der Waals surface area contributed by atoms with Crippen molar-refractivity contribution in [2.45, 2.75) is 24.6 Å². The number of amides is 1. The Balaban J connectivity index is 0.00000225. The summed E-state index contributed by atoms with van der Waals surface area (Å²) in [7, 11) is 0. The van der Waals surface area contributed by atoms with Crippen LogP contribution in [0.3, 0.4) is 0 Å². The molecule has 0 aromatic rings. The summed E-state index contributed by atoms with van der Waals surface area (Å²) in [5.74, 6) is -4.08. The molecule has 0 radical (unpaired) electrons. The maximum absolute atomic E-state index is 12.6. The van der Waals surface area contributed by atoms with Gasteiger partial charge < -0.3 is 5.32 Å². The van der Waals surface area contributed by atoms with Crippen molar-refractivity contribution in [3.8, 4) is 0 Å². The third-order valence-electron chi connectivity index (χ3n) is 1.89. The summed E-state index contributed by atoms with van der Waals surface area (Å²) in [6.45, 7) is -2.19. The standard InChI is InChI=1S/C7H9F5N2O.ClH/c8-6(9)1-4(13-2-6)5(15)14-3-7(10,11)12;/h4,13H,1-3H2,(H,14,15);1H. The van der Waals surface area contributed by atoms with Gasteiger partial charge >= 0.3 is 6.18 Å². The third kappa shape index (κ3) is 4.93. The number of rotatable bonds is 2. The summed E-state index contributed by atoms with van der Waals surface area (Å²) in [4.78, 5) is 11.0. The molecule has 96 valence electrons. The van der Waals surface area contributed by atoms with Gasteiger partial charge in [-0.3, -0.25) is 10.1 Å². The lowest BCUT2D eigenvalue weighted by Gasteiger charge is -2.12. The molecule has 0 aromatic heterocycles. The molecule has 1 rings (SSSR count). The zero-order valence-electron chi connectivity index (χ0n) is 7.90. The van der Waals surface area contributed by atoms with Gasteiger partial charge in [0.2, 0.25) is 5.91 Å². The molecular formula is C7H10ClF5N2O. The average Bonchev–Trinajstić information content (AvgIpc) is 2.40. The molecule has 1 saturated heterocycles. The number of nitrogens with one attached hydrogen (secondary N) is 2. The van der Waals surface area contributed by atoms with E-state index in [9.17, 15) is 26.7 Å². The van der Waals surface area contributed by atoms with Crippen molar-refractivity contribution in [2.75, 3.05) is 13.1 Å². The molecule has 2 N–H and O–H groups in total. The van der Waals surface area contributed by atoms with Gasteiger partial charge in [0, 0.05) is 6.42 Å². The third-order valence-corrected chi connectivity index (χ3v) is 1.89. The van der Waals surface area contributed by atoms with Crippen LogP contribution >= 0.6 is 12.4 Å². The van der Waals surface area contributed by atoms with E-state index in [4.69, 9.17) is 0 Å². The molecule has 0 bridgehead atoms. The average molecular weight is 269 g/mol. The van der Waals surface area contributed by atoms with Crippen LogP contribution < -0.4 is 10.6 Å². The molecule has 1 aliphatic rings. The van der Waals surface area contributed by atoms with Crippen LogP contribution in [-0.4, -0.2) is 37.1 Å². The Morgan fingerprint density at radius 2 is 2.00 bits per heavy atom. The minimum atomic E-state index is -4.53. The normalized spacial score (nSPS) is 23.7. The highest BCUT2D eigenvalue weighted by molar-refractivity contribution is 5.85. The first-order valence-corrected chi connectivity index (χ1v) is 4.15. The molecule has 0 aromatic carbocycles. The zero-order chi connectivity index (χ0) is 11.7. The fourth-order valence-electron chi connectivity index (χ4n) is 1.21. The number of carbonyl (C=O) groups excluding carboxylic acids is 1. The minimum Gasteiger partial charge on any atom is -0.346 e. The van der Waals surface area contributed by atoms with Gasteiger partial charge in [0.05, 0.1) is 12.6 Å². The summed E-state index contributed by atoms with van der Waals surface area (Å²) < 4.78 is 60.1. The molecule has 1 amide bonds. The highest BCUT2D eigenvalue weighted by Crippen LogP contribution is 2.25. The van der Waals surface area contributed by atoms with Gasteiger partial charge in [0.25, 0.3) is 5.92 Å². The molecule has 1 atom stereocenters. The van der Waals surface area contributed by atoms with E-state index in [1.165, 1.54) is 0 Å². The van der Waals surface area contributed by atoms with Gasteiger partial charge in [-0.25, -0.2) is 8.78 Å². The molecule has 0 saturated carbocycles. The Kier molecular flexibility index (Phi) is 4.93. The van der Waals surface area contributed by atoms with Crippen LogP contribution in [0.25, 0.3) is 0 Å². The molecule has 1 heterocycles. The number of hydrogen-bond donors (Lipinski definition) is 2. The summed E-state index contributed by atoms with van der Waals surface area (Å²) in [5, 5.41) is 3.70. The summed E-state index contributed by atoms with van der Waals surface area (Å²) in [6.07, 6.45) is -5.30. The van der Waals surface area contributed by atoms with Crippen molar-refractivity contribution >= 4 is 18.3 Å². The monoisotopic (exact) mass is 268 g/mol. The Morgan fingerprint density at radius 1 is 1.44 bits per heavy atom. The summed E-state index contributed by atoms with van der Waals surface area (Å²) in [5.41, 5.74) is 0. The van der Waals surface area contributed by atoms with Crippen LogP contribution in [0.1, 0.15) is 6.42 Å². The van der Waals surface area contributed by atoms with Crippen LogP contribution in [0.4, 0.5) is 22.0 Å². The molecule has 1 unspecified atom stereocenters. The van der Waals surface area contributed by atoms with Crippen LogP contribution in [0.15, 0.2) is 0 Å². The van der Waals surface area contributed by atoms with Crippen molar-refractivity contribution in [3.63, 3.8) is 0 Å². The second-order valence-electron chi connectivity index (χ2n) is 3.33. The number of carbonyl (C=O) groups is 1. The first kappa shape index (κ1) is 15.4. The van der Waals surface area contributed by atoms with E-state index in [2.05, 4.69) is 5.32 Å². The number of hydrogen-bond acceptors (Lipinski definition) is 2. The quantitative estimate of drug-likeness (QED) is 0.736.